The number of unbranched alkanes of at least 4 members (excludes halogenated alkanes) is 1. The Balaban J connectivity index is 2.06. The first kappa shape index (κ1) is 29.7. The van der Waals surface area contributed by atoms with Crippen LogP contribution < -0.4 is 11.1 Å². The number of amides is 2. The van der Waals surface area contributed by atoms with E-state index in [1.807, 2.05) is 14.0 Å². The van der Waals surface area contributed by atoms with E-state index in [0.717, 1.165) is 25.3 Å². The molecule has 210 valence electrons. The summed E-state index contributed by atoms with van der Waals surface area (Å²) in [5, 5.41) is 15.6. The van der Waals surface area contributed by atoms with Gasteiger partial charge in [0.15, 0.2) is 11.6 Å². The average Bonchev–Trinajstić information content (AvgIpc) is 3.38. The Hall–Kier alpha value is -1.84. The Kier molecular flexibility index (Phi) is 11.1. The first-order valence-corrected chi connectivity index (χ1v) is 13.9. The average molecular weight is 528 g/mol. The summed E-state index contributed by atoms with van der Waals surface area (Å²) in [4.78, 5) is 14.3. The minimum Gasteiger partial charge on any atom is -0.385 e. The number of primary amides is 1. The van der Waals surface area contributed by atoms with Crippen LogP contribution in [0.4, 0.5) is 18.0 Å². The van der Waals surface area contributed by atoms with Crippen LogP contribution in [0.25, 0.3) is 0 Å². The topological polar surface area (TPSA) is 87.8 Å². The molecule has 0 spiro atoms. The number of carbonyl (C=O) groups is 1. The minimum absolute atomic E-state index is 0.0534. The van der Waals surface area contributed by atoms with Crippen LogP contribution >= 0.6 is 0 Å². The number of hydrogen-bond acceptors (Lipinski definition) is 4. The van der Waals surface area contributed by atoms with Crippen LogP contribution in [-0.4, -0.2) is 55.4 Å². The maximum Gasteiger partial charge on any atom is 0.315 e. The van der Waals surface area contributed by atoms with Crippen molar-refractivity contribution in [3.8, 4) is 0 Å². The predicted molar refractivity (Wildman–Crippen MR) is 137 cm³/mol. The monoisotopic (exact) mass is 527 g/mol. The molecule has 1 aliphatic carbocycles. The molecule has 0 aromatic heterocycles. The molecule has 1 saturated carbocycles. The molecule has 3 rings (SSSR count). The Bertz CT molecular complexity index is 884. The third-order valence-corrected chi connectivity index (χ3v) is 8.40. The number of nitrogens with two attached hydrogens (primary N) is 1. The fourth-order valence-electron chi connectivity index (χ4n) is 6.79. The van der Waals surface area contributed by atoms with Crippen molar-refractivity contribution in [2.24, 2.45) is 23.5 Å². The number of aliphatic hydroxyl groups is 1. The molecule has 1 saturated heterocycles. The van der Waals surface area contributed by atoms with Crippen molar-refractivity contribution < 1.29 is 27.8 Å². The van der Waals surface area contributed by atoms with E-state index in [1.54, 1.807) is 4.90 Å². The number of rotatable bonds is 13. The first-order valence-electron chi connectivity index (χ1n) is 13.9. The number of urea groups is 1. The highest BCUT2D eigenvalue weighted by Gasteiger charge is 2.51. The van der Waals surface area contributed by atoms with E-state index in [4.69, 9.17) is 10.5 Å². The van der Waals surface area contributed by atoms with Crippen molar-refractivity contribution in [3.63, 3.8) is 0 Å². The molecule has 1 aliphatic heterocycles. The zero-order chi connectivity index (χ0) is 27.0. The van der Waals surface area contributed by atoms with Gasteiger partial charge in [0, 0.05) is 43.3 Å². The Morgan fingerprint density at radius 2 is 1.95 bits per heavy atom. The molecule has 0 radical (unpaired) electrons. The molecule has 2 amide bonds. The lowest BCUT2D eigenvalue weighted by Gasteiger charge is -2.51. The van der Waals surface area contributed by atoms with Gasteiger partial charge in [-0.3, -0.25) is 0 Å². The maximum absolute atomic E-state index is 15.3. The Labute approximate surface area is 219 Å². The van der Waals surface area contributed by atoms with E-state index in [9.17, 15) is 18.7 Å². The highest BCUT2D eigenvalue weighted by molar-refractivity contribution is 5.72. The van der Waals surface area contributed by atoms with Crippen LogP contribution in [0, 0.1) is 35.2 Å². The molecule has 37 heavy (non-hydrogen) atoms. The number of nitrogens with one attached hydrogen (secondary N) is 1. The maximum atomic E-state index is 15.3. The van der Waals surface area contributed by atoms with Gasteiger partial charge in [0.05, 0.1) is 5.60 Å². The van der Waals surface area contributed by atoms with E-state index in [-0.39, 0.29) is 17.9 Å². The third kappa shape index (κ3) is 7.18. The quantitative estimate of drug-likeness (QED) is 0.247. The Morgan fingerprint density at radius 1 is 1.22 bits per heavy atom. The Morgan fingerprint density at radius 3 is 2.59 bits per heavy atom. The van der Waals surface area contributed by atoms with E-state index in [1.165, 1.54) is 12.8 Å². The number of likely N-dealkylation sites (tertiary alicyclic amines) is 1. The highest BCUT2D eigenvalue weighted by Crippen LogP contribution is 2.47. The van der Waals surface area contributed by atoms with E-state index in [2.05, 4.69) is 5.32 Å². The second-order valence-corrected chi connectivity index (χ2v) is 10.8. The molecule has 1 heterocycles. The molecule has 1 aromatic rings. The fraction of sp³-hybridized carbons (Fsp3) is 0.750. The van der Waals surface area contributed by atoms with Gasteiger partial charge in [0.25, 0.3) is 0 Å². The highest BCUT2D eigenvalue weighted by atomic mass is 19.2. The second kappa shape index (κ2) is 13.8. The summed E-state index contributed by atoms with van der Waals surface area (Å²) in [5.74, 6) is -3.72. The number of carbonyl (C=O) groups excluding carboxylic acids is 1. The van der Waals surface area contributed by atoms with Crippen LogP contribution in [0.3, 0.4) is 0 Å². The number of nitrogens with zero attached hydrogens (tertiary/aromatic N) is 1. The molecule has 6 nitrogen and oxygen atoms in total. The van der Waals surface area contributed by atoms with Crippen LogP contribution in [0.5, 0.6) is 0 Å². The first-order chi connectivity index (χ1) is 17.7. The molecule has 4 N–H and O–H groups in total. The standard InChI is InChI=1S/C28H44F3N3O3/c1-3-37-14-7-6-12-28(36,23-16-21(29)17-24(30)25(23)31)22-11-8-13-34(27(32)35)26(22)20(18-33-2)15-19-9-4-5-10-19/h16-17,19-20,22,26,33,36H,3-15,18H2,1-2H3,(H2,32,35)/t20-,22?,26?,28-/m0/s1. The van der Waals surface area contributed by atoms with Crippen molar-refractivity contribution in [2.75, 3.05) is 33.4 Å². The predicted octanol–water partition coefficient (Wildman–Crippen LogP) is 5.07. The third-order valence-electron chi connectivity index (χ3n) is 8.40. The number of piperidine rings is 1. The summed E-state index contributed by atoms with van der Waals surface area (Å²) in [6.07, 6.45) is 7.60. The number of ether oxygens (including phenoxy) is 1. The fourth-order valence-corrected chi connectivity index (χ4v) is 6.79. The lowest BCUT2D eigenvalue weighted by Crippen LogP contribution is -2.60. The molecule has 0 bridgehead atoms. The molecular weight excluding hydrogens is 483 g/mol. The molecule has 9 heteroatoms. The van der Waals surface area contributed by atoms with Gasteiger partial charge in [0.2, 0.25) is 0 Å². The lowest BCUT2D eigenvalue weighted by molar-refractivity contribution is -0.0955. The molecule has 1 aromatic carbocycles. The lowest BCUT2D eigenvalue weighted by atomic mass is 9.66. The normalized spacial score (nSPS) is 23.2. The van der Waals surface area contributed by atoms with Gasteiger partial charge in [-0.25, -0.2) is 18.0 Å². The zero-order valence-corrected chi connectivity index (χ0v) is 22.3. The summed E-state index contributed by atoms with van der Waals surface area (Å²) >= 11 is 0. The molecular formula is C28H44F3N3O3. The van der Waals surface area contributed by atoms with E-state index in [0.29, 0.717) is 64.0 Å². The van der Waals surface area contributed by atoms with Crippen LogP contribution in [0.15, 0.2) is 12.1 Å². The van der Waals surface area contributed by atoms with E-state index < -0.39 is 41.0 Å². The summed E-state index contributed by atoms with van der Waals surface area (Å²) in [6, 6.07) is 0.311. The molecule has 2 aliphatic rings. The van der Waals surface area contributed by atoms with Crippen molar-refractivity contribution in [1.82, 2.24) is 10.2 Å². The minimum atomic E-state index is -1.89. The summed E-state index contributed by atoms with van der Waals surface area (Å²) in [6.45, 7) is 3.93. The van der Waals surface area contributed by atoms with Gasteiger partial charge in [-0.05, 0) is 76.9 Å². The van der Waals surface area contributed by atoms with Gasteiger partial charge in [-0.2, -0.15) is 0 Å². The largest absolute Gasteiger partial charge is 0.385 e. The summed E-state index contributed by atoms with van der Waals surface area (Å²) in [7, 11) is 1.84. The van der Waals surface area contributed by atoms with E-state index >= 15 is 4.39 Å². The molecule has 2 unspecified atom stereocenters. The second-order valence-electron chi connectivity index (χ2n) is 10.8. The van der Waals surface area contributed by atoms with Crippen LogP contribution in [0.2, 0.25) is 0 Å². The van der Waals surface area contributed by atoms with Crippen LogP contribution in [-0.2, 0) is 10.3 Å². The summed E-state index contributed by atoms with van der Waals surface area (Å²) < 4.78 is 49.6. The van der Waals surface area contributed by atoms with Gasteiger partial charge in [0.1, 0.15) is 5.82 Å². The van der Waals surface area contributed by atoms with Crippen molar-refractivity contribution in [3.05, 3.63) is 35.1 Å². The zero-order valence-electron chi connectivity index (χ0n) is 22.3. The van der Waals surface area contributed by atoms with Crippen molar-refractivity contribution in [2.45, 2.75) is 82.8 Å². The van der Waals surface area contributed by atoms with Crippen LogP contribution in [0.1, 0.15) is 76.7 Å². The SMILES string of the molecule is CCOCCCC[C@@](O)(c1cc(F)cc(F)c1F)C1CCCN(C(N)=O)C1[C@H](CNC)CC1CCCC1. The van der Waals surface area contributed by atoms with Gasteiger partial charge in [-0.15, -0.1) is 0 Å². The number of benzene rings is 1. The summed E-state index contributed by atoms with van der Waals surface area (Å²) in [5.41, 5.74) is 3.58. The van der Waals surface area contributed by atoms with Crippen molar-refractivity contribution in [1.29, 1.82) is 0 Å². The van der Waals surface area contributed by atoms with Crippen molar-refractivity contribution >= 4 is 6.03 Å². The van der Waals surface area contributed by atoms with Gasteiger partial charge >= 0.3 is 6.03 Å². The molecule has 4 atom stereocenters. The van der Waals surface area contributed by atoms with Gasteiger partial charge < -0.3 is 25.8 Å². The molecule has 2 fully saturated rings. The number of halogens is 3. The smallest absolute Gasteiger partial charge is 0.315 e. The number of hydrogen-bond donors (Lipinski definition) is 3. The van der Waals surface area contributed by atoms with Gasteiger partial charge in [-0.1, -0.05) is 25.7 Å².